The molecule has 348 valence electrons. The van der Waals surface area contributed by atoms with Gasteiger partial charge in [-0.15, -0.1) is 0 Å². The molecular weight excluding hydrogens is 795 g/mol. The predicted molar refractivity (Wildman–Crippen MR) is 234 cm³/mol. The number of cyclic esters (lactones) is 1. The van der Waals surface area contributed by atoms with Crippen LogP contribution in [0.2, 0.25) is 0 Å². The van der Waals surface area contributed by atoms with Gasteiger partial charge in [-0.1, -0.05) is 64.2 Å². The number of hydrogen-bond acceptors (Lipinski definition) is 12. The van der Waals surface area contributed by atoms with Gasteiger partial charge in [0.05, 0.1) is 30.5 Å². The predicted octanol–water partition coefficient (Wildman–Crippen LogP) is 6.31. The van der Waals surface area contributed by atoms with Crippen LogP contribution in [0, 0.1) is 29.6 Å². The molecule has 13 nitrogen and oxygen atoms in total. The number of esters is 1. The number of aliphatic hydroxyl groups is 3. The zero-order valence-corrected chi connectivity index (χ0v) is 38.5. The van der Waals surface area contributed by atoms with Crippen molar-refractivity contribution in [1.82, 2.24) is 4.90 Å². The Bertz CT molecular complexity index is 1670. The molecule has 4 rings (SSSR count). The van der Waals surface area contributed by atoms with Gasteiger partial charge < -0.3 is 39.2 Å². The molecule has 1 saturated carbocycles. The number of methoxy groups -OCH3 is 2. The van der Waals surface area contributed by atoms with E-state index in [4.69, 9.17) is 18.9 Å². The third kappa shape index (κ3) is 13.8. The van der Waals surface area contributed by atoms with Gasteiger partial charge >= 0.3 is 5.97 Å². The molecule has 4 aliphatic rings. The van der Waals surface area contributed by atoms with E-state index in [1.165, 1.54) is 4.90 Å². The van der Waals surface area contributed by atoms with Gasteiger partial charge in [0, 0.05) is 57.8 Å². The summed E-state index contributed by atoms with van der Waals surface area (Å²) in [7, 11) is 3.15. The molecule has 0 aromatic carbocycles. The summed E-state index contributed by atoms with van der Waals surface area (Å²) in [5.74, 6) is -7.41. The van der Waals surface area contributed by atoms with Crippen molar-refractivity contribution in [2.45, 2.75) is 180 Å². The molecule has 2 bridgehead atoms. The Morgan fingerprint density at radius 1 is 0.855 bits per heavy atom. The minimum absolute atomic E-state index is 0.0696. The molecule has 13 heteroatoms. The average Bonchev–Trinajstić information content (AvgIpc) is 3.25. The first-order valence-corrected chi connectivity index (χ1v) is 23.0. The van der Waals surface area contributed by atoms with E-state index < -0.39 is 71.8 Å². The number of carbonyl (C=O) groups excluding carboxylic acids is 5. The number of Topliss-reactive ketones (excluding diaryl/α,β-unsaturated/α-hetero) is 3. The molecular formula is C49H75NO12. The van der Waals surface area contributed by atoms with E-state index in [9.17, 15) is 39.3 Å². The number of ether oxygens (including phenoxy) is 4. The molecule has 3 fully saturated rings. The van der Waals surface area contributed by atoms with Gasteiger partial charge in [-0.05, 0) is 107 Å². The molecule has 0 spiro atoms. The lowest BCUT2D eigenvalue weighted by molar-refractivity contribution is -0.265. The lowest BCUT2D eigenvalue weighted by Gasteiger charge is -2.42. The van der Waals surface area contributed by atoms with Gasteiger partial charge in [-0.25, -0.2) is 4.79 Å². The molecule has 0 unspecified atom stereocenters. The minimum atomic E-state index is -2.41. The lowest BCUT2D eigenvalue weighted by atomic mass is 9.78. The van der Waals surface area contributed by atoms with Crippen LogP contribution in [0.25, 0.3) is 0 Å². The Balaban J connectivity index is 1.65. The highest BCUT2D eigenvalue weighted by Crippen LogP contribution is 2.37. The zero-order chi connectivity index (χ0) is 45.7. The standard InChI is InChI=1S/C49H75NO12/c1-30-16-12-10-9-11-13-17-31(2)43(59-7)27-37-21-19-35(6)49(58,62-37)46(55)47(56)50-23-15-14-18-38(50)48(57)61-44(34(5)25-36-20-22-39(51)45(26-36)60-8)29-42(54)33(4)24-32(3)41(53)28-40(30)52/h9-11,13,17,24,30,33-39,41,43-45,51,53,58H,12,14-16,18-23,25-29H2,1-8H3/b10-9+,13-11+,31-17+,32-24+/t30-,33-,34-,35-,36+,37+,38+,39-,41+,43+,44+,45-,49-/m1/s1. The molecule has 3 N–H and O–H groups in total. The molecule has 0 aromatic heterocycles. The summed E-state index contributed by atoms with van der Waals surface area (Å²) >= 11 is 0. The SMILES string of the molecule is CO[C@H]1C[C@@H]2CC[C@@H](C)[C@@](O)(O2)C(=O)C(=O)N2CCCC[C@H]2C(=O)O[C@H]([C@H](C)C[C@@H]2CC[C@@H](O)[C@H](OC)C2)CC(=O)[C@H](C)/C=C(\C)[C@@H](O)CC(=O)[C@H](C)CC/C=C/C=C/C=C/1C. The summed E-state index contributed by atoms with van der Waals surface area (Å²) in [6.07, 6.45) is 13.6. The first kappa shape index (κ1) is 51.3. The molecule has 3 heterocycles. The number of allylic oxidation sites excluding steroid dienone is 6. The fourth-order valence-corrected chi connectivity index (χ4v) is 9.44. The number of hydrogen-bond donors (Lipinski definition) is 3. The number of fused-ring (bicyclic) bond motifs is 3. The highest BCUT2D eigenvalue weighted by atomic mass is 16.6. The van der Waals surface area contributed by atoms with Crippen LogP contribution in [0.4, 0.5) is 0 Å². The van der Waals surface area contributed by atoms with Crippen molar-refractivity contribution in [1.29, 1.82) is 0 Å². The number of piperidine rings is 1. The van der Waals surface area contributed by atoms with Crippen LogP contribution in [0.5, 0.6) is 0 Å². The quantitative estimate of drug-likeness (QED) is 0.159. The van der Waals surface area contributed by atoms with Crippen molar-refractivity contribution in [2.24, 2.45) is 29.6 Å². The Labute approximate surface area is 369 Å². The van der Waals surface area contributed by atoms with Gasteiger partial charge in [0.1, 0.15) is 23.7 Å². The van der Waals surface area contributed by atoms with E-state index in [-0.39, 0.29) is 61.2 Å². The topological polar surface area (TPSA) is 186 Å². The fraction of sp³-hybridized carbons (Fsp3) is 0.735. The van der Waals surface area contributed by atoms with Crippen molar-refractivity contribution < 1.29 is 58.2 Å². The Morgan fingerprint density at radius 2 is 1.60 bits per heavy atom. The maximum absolute atomic E-state index is 14.3. The monoisotopic (exact) mass is 870 g/mol. The van der Waals surface area contributed by atoms with Crippen LogP contribution >= 0.6 is 0 Å². The molecule has 2 saturated heterocycles. The Kier molecular flexibility index (Phi) is 19.9. The van der Waals surface area contributed by atoms with Gasteiger partial charge in [-0.3, -0.25) is 19.2 Å². The highest BCUT2D eigenvalue weighted by Gasteiger charge is 2.53. The number of rotatable bonds is 5. The van der Waals surface area contributed by atoms with Crippen molar-refractivity contribution in [3.05, 3.63) is 47.6 Å². The summed E-state index contributed by atoms with van der Waals surface area (Å²) in [5, 5.41) is 33.4. The lowest BCUT2D eigenvalue weighted by Crippen LogP contribution is -2.61. The summed E-state index contributed by atoms with van der Waals surface area (Å²) in [6.45, 7) is 10.9. The van der Waals surface area contributed by atoms with Crippen LogP contribution in [0.1, 0.15) is 131 Å². The van der Waals surface area contributed by atoms with E-state index in [1.54, 1.807) is 41.1 Å². The van der Waals surface area contributed by atoms with E-state index in [0.717, 1.165) is 12.0 Å². The van der Waals surface area contributed by atoms with E-state index >= 15 is 0 Å². The molecule has 13 atom stereocenters. The Hall–Kier alpha value is -3.33. The number of carbonyl (C=O) groups is 5. The summed E-state index contributed by atoms with van der Waals surface area (Å²) in [6, 6.07) is -1.12. The van der Waals surface area contributed by atoms with Crippen LogP contribution in [0.15, 0.2) is 47.6 Å². The second kappa shape index (κ2) is 24.1. The normalized spacial score (nSPS) is 39.4. The van der Waals surface area contributed by atoms with Crippen molar-refractivity contribution >= 4 is 29.2 Å². The first-order chi connectivity index (χ1) is 29.4. The number of amides is 1. The van der Waals surface area contributed by atoms with E-state index in [1.807, 2.05) is 51.2 Å². The minimum Gasteiger partial charge on any atom is -0.460 e. The third-order valence-electron chi connectivity index (χ3n) is 13.9. The van der Waals surface area contributed by atoms with Crippen molar-refractivity contribution in [3.63, 3.8) is 0 Å². The number of aliphatic hydroxyl groups excluding tert-OH is 2. The van der Waals surface area contributed by atoms with Crippen molar-refractivity contribution in [2.75, 3.05) is 20.8 Å². The van der Waals surface area contributed by atoms with Crippen molar-refractivity contribution in [3.8, 4) is 0 Å². The number of nitrogens with zero attached hydrogens (tertiary/aromatic N) is 1. The van der Waals surface area contributed by atoms with E-state index in [0.29, 0.717) is 69.8 Å². The van der Waals surface area contributed by atoms with Crippen LogP contribution in [-0.4, -0.2) is 119 Å². The second-order valence-corrected chi connectivity index (χ2v) is 18.7. The summed E-state index contributed by atoms with van der Waals surface area (Å²) < 4.78 is 23.7. The highest BCUT2D eigenvalue weighted by molar-refractivity contribution is 6.39. The van der Waals surface area contributed by atoms with E-state index in [2.05, 4.69) is 0 Å². The maximum atomic E-state index is 14.3. The Morgan fingerprint density at radius 3 is 2.31 bits per heavy atom. The van der Waals surface area contributed by atoms with Gasteiger partial charge in [0.2, 0.25) is 5.79 Å². The molecule has 0 aromatic rings. The summed E-state index contributed by atoms with van der Waals surface area (Å²) in [4.78, 5) is 70.9. The first-order valence-electron chi connectivity index (χ1n) is 23.0. The van der Waals surface area contributed by atoms with Crippen LogP contribution in [0.3, 0.4) is 0 Å². The zero-order valence-electron chi connectivity index (χ0n) is 38.5. The molecule has 0 radical (unpaired) electrons. The molecule has 1 aliphatic carbocycles. The van der Waals surface area contributed by atoms with Gasteiger partial charge in [0.25, 0.3) is 11.7 Å². The smallest absolute Gasteiger partial charge is 0.329 e. The van der Waals surface area contributed by atoms with Gasteiger partial charge in [-0.2, -0.15) is 0 Å². The average molecular weight is 870 g/mol. The summed E-state index contributed by atoms with van der Waals surface area (Å²) in [5.41, 5.74) is 1.39. The molecule has 3 aliphatic heterocycles. The van der Waals surface area contributed by atoms with Crippen LogP contribution in [-0.2, 0) is 42.9 Å². The third-order valence-corrected chi connectivity index (χ3v) is 13.9. The molecule has 62 heavy (non-hydrogen) atoms. The molecule has 1 amide bonds. The van der Waals surface area contributed by atoms with Crippen LogP contribution < -0.4 is 0 Å². The fourth-order valence-electron chi connectivity index (χ4n) is 9.44. The largest absolute Gasteiger partial charge is 0.460 e. The second-order valence-electron chi connectivity index (χ2n) is 18.7. The maximum Gasteiger partial charge on any atom is 0.329 e. The number of ketones is 3. The van der Waals surface area contributed by atoms with Gasteiger partial charge in [0.15, 0.2) is 0 Å².